The second-order valence-electron chi connectivity index (χ2n) is 7.13. The summed E-state index contributed by atoms with van der Waals surface area (Å²) >= 11 is 0. The van der Waals surface area contributed by atoms with Crippen molar-refractivity contribution in [2.24, 2.45) is 0 Å². The van der Waals surface area contributed by atoms with Crippen molar-refractivity contribution in [3.8, 4) is 11.5 Å². The molecule has 1 aliphatic rings. The Morgan fingerprint density at radius 2 is 1.39 bits per heavy atom. The maximum atomic E-state index is 12.5. The SMILES string of the molecule is Cc1ccc(Oc2ccc(NC(=O)c3ccc(N4CCCC4)cc3)cc2)cc1. The van der Waals surface area contributed by atoms with Crippen molar-refractivity contribution in [2.45, 2.75) is 19.8 Å². The summed E-state index contributed by atoms with van der Waals surface area (Å²) in [7, 11) is 0. The van der Waals surface area contributed by atoms with Crippen LogP contribution in [0, 0.1) is 6.92 Å². The number of amides is 1. The quantitative estimate of drug-likeness (QED) is 0.630. The van der Waals surface area contributed by atoms with Gasteiger partial charge >= 0.3 is 0 Å². The molecule has 3 aromatic carbocycles. The van der Waals surface area contributed by atoms with E-state index in [4.69, 9.17) is 4.74 Å². The number of benzene rings is 3. The first-order valence-corrected chi connectivity index (χ1v) is 9.68. The van der Waals surface area contributed by atoms with E-state index in [1.807, 2.05) is 79.7 Å². The summed E-state index contributed by atoms with van der Waals surface area (Å²) in [5.41, 5.74) is 3.78. The number of carbonyl (C=O) groups is 1. The largest absolute Gasteiger partial charge is 0.457 e. The van der Waals surface area contributed by atoms with E-state index in [1.165, 1.54) is 24.1 Å². The van der Waals surface area contributed by atoms with Crippen LogP contribution < -0.4 is 15.0 Å². The fraction of sp³-hybridized carbons (Fsp3) is 0.208. The minimum absolute atomic E-state index is 0.111. The number of nitrogens with one attached hydrogen (secondary N) is 1. The molecule has 0 aromatic heterocycles. The molecular formula is C24H24N2O2. The highest BCUT2D eigenvalue weighted by atomic mass is 16.5. The van der Waals surface area contributed by atoms with E-state index >= 15 is 0 Å². The molecular weight excluding hydrogens is 348 g/mol. The van der Waals surface area contributed by atoms with E-state index in [2.05, 4.69) is 10.2 Å². The van der Waals surface area contributed by atoms with Crippen molar-refractivity contribution in [3.05, 3.63) is 83.9 Å². The molecule has 1 amide bonds. The predicted molar refractivity (Wildman–Crippen MR) is 114 cm³/mol. The van der Waals surface area contributed by atoms with Crippen molar-refractivity contribution in [1.82, 2.24) is 0 Å². The highest BCUT2D eigenvalue weighted by Crippen LogP contribution is 2.24. The Kier molecular flexibility index (Phi) is 5.29. The number of hydrogen-bond donors (Lipinski definition) is 1. The normalized spacial score (nSPS) is 13.4. The van der Waals surface area contributed by atoms with Crippen LogP contribution in [0.2, 0.25) is 0 Å². The molecule has 0 saturated carbocycles. The fourth-order valence-corrected chi connectivity index (χ4v) is 3.35. The molecule has 4 nitrogen and oxygen atoms in total. The number of hydrogen-bond acceptors (Lipinski definition) is 3. The minimum atomic E-state index is -0.111. The van der Waals surface area contributed by atoms with E-state index in [-0.39, 0.29) is 5.91 Å². The van der Waals surface area contributed by atoms with Gasteiger partial charge in [0.15, 0.2) is 0 Å². The molecule has 1 fully saturated rings. The first-order chi connectivity index (χ1) is 13.7. The smallest absolute Gasteiger partial charge is 0.255 e. The van der Waals surface area contributed by atoms with Gasteiger partial charge in [-0.25, -0.2) is 0 Å². The molecule has 1 aliphatic heterocycles. The van der Waals surface area contributed by atoms with Crippen LogP contribution in [-0.2, 0) is 0 Å². The maximum Gasteiger partial charge on any atom is 0.255 e. The third kappa shape index (κ3) is 4.34. The molecule has 1 N–H and O–H groups in total. The van der Waals surface area contributed by atoms with Crippen LogP contribution in [0.25, 0.3) is 0 Å². The molecule has 4 rings (SSSR count). The number of ether oxygens (including phenoxy) is 1. The first kappa shape index (κ1) is 18.1. The van der Waals surface area contributed by atoms with Gasteiger partial charge in [-0.15, -0.1) is 0 Å². The average Bonchev–Trinajstić information content (AvgIpc) is 3.26. The van der Waals surface area contributed by atoms with Gasteiger partial charge < -0.3 is 15.0 Å². The second-order valence-corrected chi connectivity index (χ2v) is 7.13. The number of rotatable bonds is 5. The van der Waals surface area contributed by atoms with Crippen molar-refractivity contribution >= 4 is 17.3 Å². The van der Waals surface area contributed by atoms with Crippen LogP contribution in [0.3, 0.4) is 0 Å². The van der Waals surface area contributed by atoms with Crippen LogP contribution in [0.4, 0.5) is 11.4 Å². The lowest BCUT2D eigenvalue weighted by Crippen LogP contribution is -2.18. The second kappa shape index (κ2) is 8.17. The monoisotopic (exact) mass is 372 g/mol. The van der Waals surface area contributed by atoms with Crippen molar-refractivity contribution in [2.75, 3.05) is 23.3 Å². The molecule has 0 aliphatic carbocycles. The van der Waals surface area contributed by atoms with Gasteiger partial charge in [0.2, 0.25) is 0 Å². The molecule has 0 spiro atoms. The standard InChI is InChI=1S/C24H24N2O2/c1-18-4-12-22(13-5-18)28-23-14-8-20(9-15-23)25-24(27)19-6-10-21(11-7-19)26-16-2-3-17-26/h4-15H,2-3,16-17H2,1H3,(H,25,27). The Bertz CT molecular complexity index is 926. The lowest BCUT2D eigenvalue weighted by molar-refractivity contribution is 0.102. The van der Waals surface area contributed by atoms with Crippen LogP contribution in [0.15, 0.2) is 72.8 Å². The molecule has 3 aromatic rings. The van der Waals surface area contributed by atoms with Crippen LogP contribution in [0.5, 0.6) is 11.5 Å². The van der Waals surface area contributed by atoms with Gasteiger partial charge in [-0.1, -0.05) is 17.7 Å². The molecule has 0 unspecified atom stereocenters. The van der Waals surface area contributed by atoms with E-state index in [0.717, 1.165) is 30.3 Å². The van der Waals surface area contributed by atoms with Crippen molar-refractivity contribution in [1.29, 1.82) is 0 Å². The summed E-state index contributed by atoms with van der Waals surface area (Å²) in [4.78, 5) is 14.9. The molecule has 0 bridgehead atoms. The van der Waals surface area contributed by atoms with Gasteiger partial charge in [0.25, 0.3) is 5.91 Å². The molecule has 0 radical (unpaired) electrons. The molecule has 4 heteroatoms. The average molecular weight is 372 g/mol. The third-order valence-electron chi connectivity index (χ3n) is 4.97. The maximum absolute atomic E-state index is 12.5. The number of carbonyl (C=O) groups excluding carboxylic acids is 1. The summed E-state index contributed by atoms with van der Waals surface area (Å²) in [6, 6.07) is 23.1. The highest BCUT2D eigenvalue weighted by molar-refractivity contribution is 6.04. The van der Waals surface area contributed by atoms with Gasteiger partial charge in [0.05, 0.1) is 0 Å². The van der Waals surface area contributed by atoms with Crippen molar-refractivity contribution < 1.29 is 9.53 Å². The van der Waals surface area contributed by atoms with Crippen LogP contribution >= 0.6 is 0 Å². The highest BCUT2D eigenvalue weighted by Gasteiger charge is 2.13. The van der Waals surface area contributed by atoms with E-state index in [9.17, 15) is 4.79 Å². The predicted octanol–water partition coefficient (Wildman–Crippen LogP) is 5.64. The van der Waals surface area contributed by atoms with Gasteiger partial charge in [0.1, 0.15) is 11.5 Å². The minimum Gasteiger partial charge on any atom is -0.457 e. The van der Waals surface area contributed by atoms with Gasteiger partial charge in [-0.3, -0.25) is 4.79 Å². The molecule has 142 valence electrons. The Morgan fingerprint density at radius 1 is 0.821 bits per heavy atom. The fourth-order valence-electron chi connectivity index (χ4n) is 3.35. The first-order valence-electron chi connectivity index (χ1n) is 9.68. The van der Waals surface area contributed by atoms with Gasteiger partial charge in [-0.05, 0) is 80.4 Å². The zero-order valence-corrected chi connectivity index (χ0v) is 16.0. The summed E-state index contributed by atoms with van der Waals surface area (Å²) in [6.07, 6.45) is 2.48. The lowest BCUT2D eigenvalue weighted by Gasteiger charge is -2.17. The summed E-state index contributed by atoms with van der Waals surface area (Å²) in [6.45, 7) is 4.24. The van der Waals surface area contributed by atoms with Gasteiger partial charge in [-0.2, -0.15) is 0 Å². The third-order valence-corrected chi connectivity index (χ3v) is 4.97. The van der Waals surface area contributed by atoms with Crippen molar-refractivity contribution in [3.63, 3.8) is 0 Å². The molecule has 28 heavy (non-hydrogen) atoms. The lowest BCUT2D eigenvalue weighted by atomic mass is 10.1. The Hall–Kier alpha value is -3.27. The van der Waals surface area contributed by atoms with E-state index < -0.39 is 0 Å². The number of anilines is 2. The Morgan fingerprint density at radius 3 is 2.00 bits per heavy atom. The molecule has 1 heterocycles. The zero-order chi connectivity index (χ0) is 19.3. The molecule has 0 atom stereocenters. The Labute approximate surface area is 165 Å². The van der Waals surface area contributed by atoms with Crippen LogP contribution in [0.1, 0.15) is 28.8 Å². The van der Waals surface area contributed by atoms with E-state index in [1.54, 1.807) is 0 Å². The summed E-state index contributed by atoms with van der Waals surface area (Å²) < 4.78 is 5.82. The van der Waals surface area contributed by atoms with Gasteiger partial charge in [0, 0.05) is 30.0 Å². The Balaban J connectivity index is 1.36. The summed E-state index contributed by atoms with van der Waals surface area (Å²) in [5, 5.41) is 2.94. The topological polar surface area (TPSA) is 41.6 Å². The summed E-state index contributed by atoms with van der Waals surface area (Å²) in [5.74, 6) is 1.41. The number of aryl methyl sites for hydroxylation is 1. The zero-order valence-electron chi connectivity index (χ0n) is 16.0. The van der Waals surface area contributed by atoms with E-state index in [0.29, 0.717) is 5.56 Å². The molecule has 1 saturated heterocycles. The van der Waals surface area contributed by atoms with Crippen LogP contribution in [-0.4, -0.2) is 19.0 Å². The number of nitrogens with zero attached hydrogens (tertiary/aromatic N) is 1.